The van der Waals surface area contributed by atoms with Gasteiger partial charge in [-0.1, -0.05) is 5.16 Å². The zero-order valence-corrected chi connectivity index (χ0v) is 12.2. The second kappa shape index (κ2) is 6.89. The predicted octanol–water partition coefficient (Wildman–Crippen LogP) is 1.88. The SMILES string of the molecule is CC(C)(C)OCCOc1ccc([N+](=O)[O-])cc1/C(N)=N/O. The van der Waals surface area contributed by atoms with Crippen molar-refractivity contribution in [1.29, 1.82) is 0 Å². The van der Waals surface area contributed by atoms with Gasteiger partial charge in [0.2, 0.25) is 0 Å². The van der Waals surface area contributed by atoms with Crippen molar-refractivity contribution in [3.8, 4) is 5.75 Å². The van der Waals surface area contributed by atoms with Gasteiger partial charge >= 0.3 is 0 Å². The number of amidine groups is 1. The predicted molar refractivity (Wildman–Crippen MR) is 76.8 cm³/mol. The van der Waals surface area contributed by atoms with Gasteiger partial charge in [-0.2, -0.15) is 0 Å². The van der Waals surface area contributed by atoms with E-state index in [1.807, 2.05) is 20.8 Å². The molecular formula is C13H19N3O5. The highest BCUT2D eigenvalue weighted by atomic mass is 16.6. The number of non-ortho nitro benzene ring substituents is 1. The summed E-state index contributed by atoms with van der Waals surface area (Å²) in [5.41, 5.74) is 5.20. The summed E-state index contributed by atoms with van der Waals surface area (Å²) in [5.74, 6) is 0.0267. The number of rotatable bonds is 6. The van der Waals surface area contributed by atoms with Gasteiger partial charge < -0.3 is 20.4 Å². The highest BCUT2D eigenvalue weighted by molar-refractivity contribution is 6.00. The summed E-state index contributed by atoms with van der Waals surface area (Å²) in [6.45, 7) is 6.33. The molecule has 0 saturated heterocycles. The smallest absolute Gasteiger partial charge is 0.270 e. The number of ether oxygens (including phenoxy) is 2. The highest BCUT2D eigenvalue weighted by Crippen LogP contribution is 2.24. The Balaban J connectivity index is 2.84. The van der Waals surface area contributed by atoms with Crippen LogP contribution in [0.2, 0.25) is 0 Å². The molecule has 0 aliphatic rings. The molecule has 0 saturated carbocycles. The van der Waals surface area contributed by atoms with E-state index in [0.29, 0.717) is 6.61 Å². The van der Waals surface area contributed by atoms with Gasteiger partial charge in [0.1, 0.15) is 12.4 Å². The Kier molecular flexibility index (Phi) is 5.48. The second-order valence-corrected chi connectivity index (χ2v) is 5.23. The van der Waals surface area contributed by atoms with Crippen LogP contribution < -0.4 is 10.5 Å². The van der Waals surface area contributed by atoms with Crippen molar-refractivity contribution in [3.05, 3.63) is 33.9 Å². The van der Waals surface area contributed by atoms with Crippen LogP contribution >= 0.6 is 0 Å². The lowest BCUT2D eigenvalue weighted by atomic mass is 10.1. The molecule has 116 valence electrons. The molecule has 0 heterocycles. The molecule has 1 rings (SSSR count). The summed E-state index contributed by atoms with van der Waals surface area (Å²) in [7, 11) is 0. The quantitative estimate of drug-likeness (QED) is 0.206. The summed E-state index contributed by atoms with van der Waals surface area (Å²) in [5, 5.41) is 22.3. The van der Waals surface area contributed by atoms with Gasteiger partial charge in [0.15, 0.2) is 5.84 Å². The molecule has 0 fully saturated rings. The Morgan fingerprint density at radius 1 is 1.43 bits per heavy atom. The first-order valence-corrected chi connectivity index (χ1v) is 6.27. The second-order valence-electron chi connectivity index (χ2n) is 5.23. The minimum absolute atomic E-state index is 0.155. The Bertz CT molecular complexity index is 537. The molecule has 0 amide bonds. The lowest BCUT2D eigenvalue weighted by Crippen LogP contribution is -2.23. The molecule has 8 nitrogen and oxygen atoms in total. The Hall–Kier alpha value is -2.35. The van der Waals surface area contributed by atoms with Crippen molar-refractivity contribution in [2.75, 3.05) is 13.2 Å². The third-order valence-corrected chi connectivity index (χ3v) is 2.43. The van der Waals surface area contributed by atoms with Crippen molar-refractivity contribution < 1.29 is 19.6 Å². The third-order valence-electron chi connectivity index (χ3n) is 2.43. The molecular weight excluding hydrogens is 278 g/mol. The van der Waals surface area contributed by atoms with Crippen molar-refractivity contribution in [1.82, 2.24) is 0 Å². The third kappa shape index (κ3) is 5.27. The molecule has 8 heteroatoms. The molecule has 0 radical (unpaired) electrons. The molecule has 0 unspecified atom stereocenters. The number of nitro groups is 1. The molecule has 0 aliphatic heterocycles. The van der Waals surface area contributed by atoms with E-state index >= 15 is 0 Å². The van der Waals surface area contributed by atoms with Crippen LogP contribution in [0.1, 0.15) is 26.3 Å². The number of oxime groups is 1. The minimum Gasteiger partial charge on any atom is -0.490 e. The molecule has 0 aromatic heterocycles. The number of benzene rings is 1. The summed E-state index contributed by atoms with van der Waals surface area (Å²) < 4.78 is 11.0. The number of nitro benzene ring substituents is 1. The fraction of sp³-hybridized carbons (Fsp3) is 0.462. The first-order valence-electron chi connectivity index (χ1n) is 6.27. The molecule has 0 aliphatic carbocycles. The first kappa shape index (κ1) is 16.7. The summed E-state index contributed by atoms with van der Waals surface area (Å²) in [6, 6.07) is 3.88. The molecule has 0 atom stereocenters. The van der Waals surface area contributed by atoms with Crippen molar-refractivity contribution in [3.63, 3.8) is 0 Å². The van der Waals surface area contributed by atoms with Crippen LogP contribution in [0.4, 0.5) is 5.69 Å². The maximum atomic E-state index is 10.7. The van der Waals surface area contributed by atoms with Crippen LogP contribution in [-0.4, -0.2) is 34.8 Å². The molecule has 21 heavy (non-hydrogen) atoms. The van der Waals surface area contributed by atoms with Gasteiger partial charge in [0, 0.05) is 12.1 Å². The standard InChI is InChI=1S/C13H19N3O5/c1-13(2,3)21-7-6-20-11-5-4-9(16(18)19)8-10(11)12(14)15-17/h4-5,8,17H,6-7H2,1-3H3,(H2,14,15). The van der Waals surface area contributed by atoms with Gasteiger partial charge in [0.25, 0.3) is 5.69 Å². The van der Waals surface area contributed by atoms with Crippen LogP contribution in [0.15, 0.2) is 23.4 Å². The summed E-state index contributed by atoms with van der Waals surface area (Å²) in [6.07, 6.45) is 0. The van der Waals surface area contributed by atoms with E-state index in [9.17, 15) is 10.1 Å². The van der Waals surface area contributed by atoms with Gasteiger partial charge in [0.05, 0.1) is 22.7 Å². The van der Waals surface area contributed by atoms with E-state index < -0.39 is 4.92 Å². The van der Waals surface area contributed by atoms with Crippen LogP contribution in [0.3, 0.4) is 0 Å². The van der Waals surface area contributed by atoms with Crippen LogP contribution in [0, 0.1) is 10.1 Å². The Morgan fingerprint density at radius 3 is 2.62 bits per heavy atom. The topological polar surface area (TPSA) is 120 Å². The molecule has 1 aromatic carbocycles. The van der Waals surface area contributed by atoms with E-state index in [1.165, 1.54) is 18.2 Å². The van der Waals surface area contributed by atoms with Gasteiger partial charge in [-0.05, 0) is 26.8 Å². The van der Waals surface area contributed by atoms with Gasteiger partial charge in [-0.15, -0.1) is 0 Å². The van der Waals surface area contributed by atoms with E-state index in [2.05, 4.69) is 5.16 Å². The minimum atomic E-state index is -0.569. The zero-order chi connectivity index (χ0) is 16.0. The van der Waals surface area contributed by atoms with Gasteiger partial charge in [-0.3, -0.25) is 10.1 Å². The average Bonchev–Trinajstić information content (AvgIpc) is 2.41. The Morgan fingerprint density at radius 2 is 2.10 bits per heavy atom. The maximum Gasteiger partial charge on any atom is 0.270 e. The molecule has 3 N–H and O–H groups in total. The van der Waals surface area contributed by atoms with E-state index in [4.69, 9.17) is 20.4 Å². The molecule has 0 bridgehead atoms. The lowest BCUT2D eigenvalue weighted by Gasteiger charge is -2.19. The summed E-state index contributed by atoms with van der Waals surface area (Å²) in [4.78, 5) is 10.2. The van der Waals surface area contributed by atoms with E-state index in [1.54, 1.807) is 0 Å². The number of nitrogens with zero attached hydrogens (tertiary/aromatic N) is 2. The van der Waals surface area contributed by atoms with E-state index in [0.717, 1.165) is 0 Å². The fourth-order valence-electron chi connectivity index (χ4n) is 1.51. The van der Waals surface area contributed by atoms with Crippen molar-refractivity contribution in [2.24, 2.45) is 10.9 Å². The number of hydrogen-bond acceptors (Lipinski definition) is 6. The average molecular weight is 297 g/mol. The monoisotopic (exact) mass is 297 g/mol. The number of hydrogen-bond donors (Lipinski definition) is 2. The fourth-order valence-corrected chi connectivity index (χ4v) is 1.51. The van der Waals surface area contributed by atoms with Crippen LogP contribution in [0.5, 0.6) is 5.75 Å². The van der Waals surface area contributed by atoms with Gasteiger partial charge in [-0.25, -0.2) is 0 Å². The Labute approximate surface area is 122 Å². The first-order chi connectivity index (χ1) is 9.74. The van der Waals surface area contributed by atoms with E-state index in [-0.39, 0.29) is 35.0 Å². The number of nitrogens with two attached hydrogens (primary N) is 1. The van der Waals surface area contributed by atoms with Crippen molar-refractivity contribution >= 4 is 11.5 Å². The van der Waals surface area contributed by atoms with Crippen molar-refractivity contribution in [2.45, 2.75) is 26.4 Å². The summed E-state index contributed by atoms with van der Waals surface area (Å²) >= 11 is 0. The maximum absolute atomic E-state index is 10.7. The van der Waals surface area contributed by atoms with Crippen LogP contribution in [-0.2, 0) is 4.74 Å². The lowest BCUT2D eigenvalue weighted by molar-refractivity contribution is -0.384. The van der Waals surface area contributed by atoms with Crippen LogP contribution in [0.25, 0.3) is 0 Å². The highest BCUT2D eigenvalue weighted by Gasteiger charge is 2.15. The zero-order valence-electron chi connectivity index (χ0n) is 12.2. The normalized spacial score (nSPS) is 12.2. The molecule has 1 aromatic rings. The molecule has 0 spiro atoms. The largest absolute Gasteiger partial charge is 0.490 e.